The summed E-state index contributed by atoms with van der Waals surface area (Å²) < 4.78 is 7.83. The second kappa shape index (κ2) is 4.21. The van der Waals surface area contributed by atoms with Crippen molar-refractivity contribution in [1.29, 1.82) is 0 Å². The Morgan fingerprint density at radius 3 is 2.64 bits per heavy atom. The normalized spacial score (nSPS) is 11.6. The first kappa shape index (κ1) is 11.6. The molecule has 0 saturated carbocycles. The van der Waals surface area contributed by atoms with Gasteiger partial charge in [0.25, 0.3) is 0 Å². The number of nitrogens with zero attached hydrogens (tertiary/aromatic N) is 2. The highest BCUT2D eigenvalue weighted by atomic mass is 16.3. The summed E-state index contributed by atoms with van der Waals surface area (Å²) in [6.07, 6.45) is 3.86. The van der Waals surface area contributed by atoms with E-state index in [0.717, 1.165) is 28.0 Å². The van der Waals surface area contributed by atoms with E-state index in [1.807, 2.05) is 30.3 Å². The molecule has 0 spiro atoms. The third-order valence-corrected chi connectivity index (χ3v) is 4.08. The summed E-state index contributed by atoms with van der Waals surface area (Å²) in [4.78, 5) is 4.85. The lowest BCUT2D eigenvalue weighted by Crippen LogP contribution is -1.93. The molecule has 0 aliphatic carbocycles. The molecule has 3 nitrogen and oxygen atoms in total. The zero-order chi connectivity index (χ0) is 14.5. The molecule has 104 valence electrons. The van der Waals surface area contributed by atoms with Gasteiger partial charge >= 0.3 is 0 Å². The third-order valence-electron chi connectivity index (χ3n) is 4.08. The van der Waals surface area contributed by atoms with E-state index < -0.39 is 0 Å². The largest absolute Gasteiger partial charge is 0.463 e. The van der Waals surface area contributed by atoms with Gasteiger partial charge in [-0.25, -0.2) is 4.98 Å². The maximum Gasteiger partial charge on any atom is 0.154 e. The van der Waals surface area contributed by atoms with Crippen molar-refractivity contribution in [3.63, 3.8) is 0 Å². The molecule has 3 heteroatoms. The van der Waals surface area contributed by atoms with E-state index in [9.17, 15) is 0 Å². The lowest BCUT2D eigenvalue weighted by molar-refractivity contribution is 0.581. The van der Waals surface area contributed by atoms with Gasteiger partial charge < -0.3 is 8.82 Å². The van der Waals surface area contributed by atoms with Gasteiger partial charge in [0.05, 0.1) is 22.8 Å². The summed E-state index contributed by atoms with van der Waals surface area (Å²) in [6.45, 7) is 0. The third kappa shape index (κ3) is 1.48. The molecule has 0 aliphatic rings. The van der Waals surface area contributed by atoms with E-state index in [-0.39, 0.29) is 0 Å². The first-order valence-electron chi connectivity index (χ1n) is 7.24. The zero-order valence-corrected chi connectivity index (χ0v) is 11.7. The number of rotatable bonds is 1. The number of furan rings is 1. The Hall–Kier alpha value is -3.07. The van der Waals surface area contributed by atoms with Crippen LogP contribution in [0.2, 0.25) is 0 Å². The molecule has 3 aromatic heterocycles. The van der Waals surface area contributed by atoms with Gasteiger partial charge in [-0.2, -0.15) is 0 Å². The topological polar surface area (TPSA) is 30.4 Å². The van der Waals surface area contributed by atoms with Crippen molar-refractivity contribution in [1.82, 2.24) is 9.38 Å². The Labute approximate surface area is 126 Å². The van der Waals surface area contributed by atoms with Crippen LogP contribution in [0, 0.1) is 0 Å². The molecule has 3 heterocycles. The van der Waals surface area contributed by atoms with Gasteiger partial charge in [-0.1, -0.05) is 36.4 Å². The fourth-order valence-corrected chi connectivity index (χ4v) is 3.11. The van der Waals surface area contributed by atoms with Crippen molar-refractivity contribution in [3.8, 4) is 11.5 Å². The fraction of sp³-hybridized carbons (Fsp3) is 0. The maximum atomic E-state index is 5.62. The minimum absolute atomic E-state index is 0.791. The van der Waals surface area contributed by atoms with Crippen LogP contribution in [0.5, 0.6) is 0 Å². The van der Waals surface area contributed by atoms with Crippen molar-refractivity contribution < 1.29 is 4.42 Å². The Morgan fingerprint density at radius 2 is 1.73 bits per heavy atom. The van der Waals surface area contributed by atoms with Crippen LogP contribution in [0.4, 0.5) is 0 Å². The van der Waals surface area contributed by atoms with Crippen LogP contribution in [0.1, 0.15) is 0 Å². The minimum atomic E-state index is 0.791. The van der Waals surface area contributed by atoms with E-state index in [4.69, 9.17) is 9.40 Å². The molecule has 0 aliphatic heterocycles. The second-order valence-corrected chi connectivity index (χ2v) is 5.36. The molecule has 5 aromatic rings. The monoisotopic (exact) mass is 284 g/mol. The second-order valence-electron chi connectivity index (χ2n) is 5.36. The van der Waals surface area contributed by atoms with Crippen LogP contribution < -0.4 is 0 Å². The van der Waals surface area contributed by atoms with Crippen molar-refractivity contribution in [2.75, 3.05) is 0 Å². The lowest BCUT2D eigenvalue weighted by atomic mass is 10.1. The average molecular weight is 284 g/mol. The van der Waals surface area contributed by atoms with Crippen molar-refractivity contribution in [2.45, 2.75) is 0 Å². The summed E-state index contributed by atoms with van der Waals surface area (Å²) >= 11 is 0. The van der Waals surface area contributed by atoms with Gasteiger partial charge in [0.2, 0.25) is 0 Å². The number of aromatic nitrogens is 2. The predicted molar refractivity (Wildman–Crippen MR) is 87.9 cm³/mol. The van der Waals surface area contributed by atoms with Gasteiger partial charge in [0.15, 0.2) is 5.76 Å². The highest BCUT2D eigenvalue weighted by molar-refractivity contribution is 6.05. The molecule has 0 fully saturated rings. The summed E-state index contributed by atoms with van der Waals surface area (Å²) in [5.41, 5.74) is 4.03. The van der Waals surface area contributed by atoms with Crippen LogP contribution in [0.25, 0.3) is 38.8 Å². The Bertz CT molecular complexity index is 1120. The Morgan fingerprint density at radius 1 is 0.864 bits per heavy atom. The molecule has 0 radical (unpaired) electrons. The summed E-state index contributed by atoms with van der Waals surface area (Å²) in [5.74, 6) is 0.791. The molecule has 0 amide bonds. The Kier molecular flexibility index (Phi) is 2.22. The van der Waals surface area contributed by atoms with Gasteiger partial charge in [-0.3, -0.25) is 0 Å². The highest BCUT2D eigenvalue weighted by Crippen LogP contribution is 2.33. The van der Waals surface area contributed by atoms with Crippen molar-refractivity contribution in [3.05, 3.63) is 73.1 Å². The summed E-state index contributed by atoms with van der Waals surface area (Å²) in [7, 11) is 0. The number of benzene rings is 2. The van der Waals surface area contributed by atoms with Crippen LogP contribution in [0.3, 0.4) is 0 Å². The van der Waals surface area contributed by atoms with E-state index in [1.54, 1.807) is 6.26 Å². The van der Waals surface area contributed by atoms with Crippen molar-refractivity contribution >= 4 is 27.3 Å². The van der Waals surface area contributed by atoms with Crippen LogP contribution in [-0.2, 0) is 0 Å². The van der Waals surface area contributed by atoms with Crippen LogP contribution in [-0.4, -0.2) is 9.38 Å². The average Bonchev–Trinajstić information content (AvgIpc) is 3.22. The smallest absolute Gasteiger partial charge is 0.154 e. The molecule has 22 heavy (non-hydrogen) atoms. The van der Waals surface area contributed by atoms with Gasteiger partial charge in [-0.05, 0) is 24.3 Å². The quantitative estimate of drug-likeness (QED) is 0.438. The summed E-state index contributed by atoms with van der Waals surface area (Å²) in [6, 6.07) is 20.4. The molecule has 0 atom stereocenters. The molecule has 5 rings (SSSR count). The predicted octanol–water partition coefficient (Wildman–Crippen LogP) is 4.90. The number of hydrogen-bond donors (Lipinski definition) is 0. The van der Waals surface area contributed by atoms with Crippen LogP contribution >= 0.6 is 0 Å². The Balaban J connectivity index is 2.09. The SMILES string of the molecule is c1coc(-c2nc3ccccc3n3cc4ccccc4c23)c1. The molecule has 0 saturated heterocycles. The molecule has 0 unspecified atom stereocenters. The first-order chi connectivity index (χ1) is 10.9. The molecule has 0 bridgehead atoms. The zero-order valence-electron chi connectivity index (χ0n) is 11.7. The van der Waals surface area contributed by atoms with Gasteiger partial charge in [0, 0.05) is 17.0 Å². The standard InChI is InChI=1S/C19H12N2O/c1-2-7-14-13(6-1)12-21-16-9-4-3-8-15(16)20-18(19(14)21)17-10-5-11-22-17/h1-12H. The molecular formula is C19H12N2O. The number of fused-ring (bicyclic) bond motifs is 5. The first-order valence-corrected chi connectivity index (χ1v) is 7.24. The number of hydrogen-bond acceptors (Lipinski definition) is 2. The number of para-hydroxylation sites is 2. The minimum Gasteiger partial charge on any atom is -0.463 e. The van der Waals surface area contributed by atoms with Gasteiger partial charge in [0.1, 0.15) is 5.69 Å². The van der Waals surface area contributed by atoms with E-state index >= 15 is 0 Å². The van der Waals surface area contributed by atoms with Crippen LogP contribution in [0.15, 0.2) is 77.5 Å². The molecule has 2 aromatic carbocycles. The highest BCUT2D eigenvalue weighted by Gasteiger charge is 2.15. The lowest BCUT2D eigenvalue weighted by Gasteiger charge is -2.07. The molecule has 0 N–H and O–H groups in total. The van der Waals surface area contributed by atoms with Crippen molar-refractivity contribution in [2.24, 2.45) is 0 Å². The van der Waals surface area contributed by atoms with Gasteiger partial charge in [-0.15, -0.1) is 0 Å². The van der Waals surface area contributed by atoms with E-state index in [0.29, 0.717) is 0 Å². The van der Waals surface area contributed by atoms with E-state index in [1.165, 1.54) is 10.8 Å². The van der Waals surface area contributed by atoms with E-state index in [2.05, 4.69) is 40.9 Å². The summed E-state index contributed by atoms with van der Waals surface area (Å²) in [5, 5.41) is 2.39. The maximum absolute atomic E-state index is 5.62. The fourth-order valence-electron chi connectivity index (χ4n) is 3.11. The molecular weight excluding hydrogens is 272 g/mol.